The summed E-state index contributed by atoms with van der Waals surface area (Å²) in [6.45, 7) is 0.598. The summed E-state index contributed by atoms with van der Waals surface area (Å²) in [6.07, 6.45) is 7.15. The molecule has 0 radical (unpaired) electrons. The first-order valence-corrected chi connectivity index (χ1v) is 9.13. The highest BCUT2D eigenvalue weighted by Gasteiger charge is 2.22. The molecule has 1 aromatic carbocycles. The summed E-state index contributed by atoms with van der Waals surface area (Å²) in [6, 6.07) is 11.8. The van der Waals surface area contributed by atoms with Crippen LogP contribution in [-0.4, -0.2) is 27.7 Å². The van der Waals surface area contributed by atoms with Crippen LogP contribution < -0.4 is 5.32 Å². The Morgan fingerprint density at radius 2 is 2.08 bits per heavy atom. The van der Waals surface area contributed by atoms with Crippen molar-refractivity contribution in [3.8, 4) is 0 Å². The summed E-state index contributed by atoms with van der Waals surface area (Å²) >= 11 is 1.91. The summed E-state index contributed by atoms with van der Waals surface area (Å²) < 4.78 is 0. The predicted octanol–water partition coefficient (Wildman–Crippen LogP) is 3.79. The maximum absolute atomic E-state index is 12.2. The lowest BCUT2D eigenvalue weighted by Crippen LogP contribution is -2.25. The Balaban J connectivity index is 1.32. The second-order valence-electron chi connectivity index (χ2n) is 6.06. The van der Waals surface area contributed by atoms with Crippen LogP contribution >= 0.6 is 11.8 Å². The maximum atomic E-state index is 12.2. The van der Waals surface area contributed by atoms with E-state index in [4.69, 9.17) is 0 Å². The Kier molecular flexibility index (Phi) is 4.26. The van der Waals surface area contributed by atoms with Crippen LogP contribution in [0.1, 0.15) is 28.8 Å². The lowest BCUT2D eigenvalue weighted by Gasteiger charge is -2.06. The normalized spacial score (nSPS) is 14.0. The Morgan fingerprint density at radius 1 is 1.25 bits per heavy atom. The van der Waals surface area contributed by atoms with Gasteiger partial charge in [0.25, 0.3) is 5.91 Å². The van der Waals surface area contributed by atoms with Gasteiger partial charge in [0.15, 0.2) is 0 Å². The Morgan fingerprint density at radius 3 is 2.88 bits per heavy atom. The van der Waals surface area contributed by atoms with E-state index in [1.807, 2.05) is 54.4 Å². The number of fused-ring (bicyclic) bond motifs is 1. The highest BCUT2D eigenvalue weighted by Crippen LogP contribution is 2.38. The molecule has 2 aromatic heterocycles. The second kappa shape index (κ2) is 6.69. The molecule has 1 amide bonds. The van der Waals surface area contributed by atoms with Crippen molar-refractivity contribution in [3.63, 3.8) is 0 Å². The molecule has 2 N–H and O–H groups in total. The lowest BCUT2D eigenvalue weighted by atomic mass is 10.2. The number of aromatic amines is 1. The van der Waals surface area contributed by atoms with Gasteiger partial charge in [-0.3, -0.25) is 9.78 Å². The standard InChI is InChI=1S/C19H19N3OS/c23-19(13-3-5-15(6-4-13)24-16-7-8-16)21-11-9-14-12-22-17-2-1-10-20-18(14)17/h1-6,10,12,16,22H,7-9,11H2,(H,21,23). The van der Waals surface area contributed by atoms with Crippen LogP contribution in [0.25, 0.3) is 11.0 Å². The van der Waals surface area contributed by atoms with E-state index in [1.165, 1.54) is 17.7 Å². The first-order valence-electron chi connectivity index (χ1n) is 8.25. The molecule has 0 unspecified atom stereocenters. The van der Waals surface area contributed by atoms with Crippen molar-refractivity contribution < 1.29 is 4.79 Å². The number of H-pyrrole nitrogens is 1. The van der Waals surface area contributed by atoms with Gasteiger partial charge in [-0.2, -0.15) is 0 Å². The molecule has 1 saturated carbocycles. The predicted molar refractivity (Wildman–Crippen MR) is 97.5 cm³/mol. The van der Waals surface area contributed by atoms with Crippen LogP contribution in [0, 0.1) is 0 Å². The summed E-state index contributed by atoms with van der Waals surface area (Å²) in [4.78, 5) is 21.1. The summed E-state index contributed by atoms with van der Waals surface area (Å²) in [5.74, 6) is -0.0224. The van der Waals surface area contributed by atoms with E-state index in [-0.39, 0.29) is 5.91 Å². The number of hydrogen-bond acceptors (Lipinski definition) is 3. The monoisotopic (exact) mass is 337 g/mol. The molecular weight excluding hydrogens is 318 g/mol. The minimum absolute atomic E-state index is 0.0224. The maximum Gasteiger partial charge on any atom is 0.251 e. The Hall–Kier alpha value is -2.27. The molecule has 1 fully saturated rings. The number of hydrogen-bond donors (Lipinski definition) is 2. The fourth-order valence-corrected chi connectivity index (χ4v) is 3.73. The van der Waals surface area contributed by atoms with E-state index >= 15 is 0 Å². The van der Waals surface area contributed by atoms with Gasteiger partial charge < -0.3 is 10.3 Å². The highest BCUT2D eigenvalue weighted by atomic mass is 32.2. The SMILES string of the molecule is O=C(NCCc1c[nH]c2cccnc12)c1ccc(SC2CC2)cc1. The lowest BCUT2D eigenvalue weighted by molar-refractivity contribution is 0.0954. The molecule has 3 aromatic rings. The van der Waals surface area contributed by atoms with Crippen molar-refractivity contribution in [1.82, 2.24) is 15.3 Å². The van der Waals surface area contributed by atoms with Crippen LogP contribution in [0.3, 0.4) is 0 Å². The van der Waals surface area contributed by atoms with Crippen molar-refractivity contribution in [2.75, 3.05) is 6.54 Å². The van der Waals surface area contributed by atoms with Crippen LogP contribution in [-0.2, 0) is 6.42 Å². The molecule has 0 aliphatic heterocycles. The number of amides is 1. The molecule has 1 aliphatic rings. The number of benzene rings is 1. The van der Waals surface area contributed by atoms with Crippen LogP contribution in [0.15, 0.2) is 53.7 Å². The molecule has 4 nitrogen and oxygen atoms in total. The molecule has 24 heavy (non-hydrogen) atoms. The van der Waals surface area contributed by atoms with E-state index in [0.29, 0.717) is 12.1 Å². The topological polar surface area (TPSA) is 57.8 Å². The number of aromatic nitrogens is 2. The fourth-order valence-electron chi connectivity index (χ4n) is 2.68. The van der Waals surface area contributed by atoms with Crippen LogP contribution in [0.2, 0.25) is 0 Å². The average molecular weight is 337 g/mol. The molecular formula is C19H19N3OS. The molecule has 1 aliphatic carbocycles. The zero-order chi connectivity index (χ0) is 16.4. The quantitative estimate of drug-likeness (QED) is 0.719. The second-order valence-corrected chi connectivity index (χ2v) is 7.43. The minimum atomic E-state index is -0.0224. The van der Waals surface area contributed by atoms with Gasteiger partial charge in [-0.25, -0.2) is 0 Å². The van der Waals surface area contributed by atoms with E-state index in [1.54, 1.807) is 6.20 Å². The van der Waals surface area contributed by atoms with Gasteiger partial charge in [0.05, 0.1) is 11.0 Å². The minimum Gasteiger partial charge on any atom is -0.360 e. The van der Waals surface area contributed by atoms with Gasteiger partial charge in [-0.15, -0.1) is 11.8 Å². The third-order valence-corrected chi connectivity index (χ3v) is 5.49. The van der Waals surface area contributed by atoms with Crippen molar-refractivity contribution in [2.24, 2.45) is 0 Å². The number of pyridine rings is 1. The zero-order valence-corrected chi connectivity index (χ0v) is 14.1. The third kappa shape index (κ3) is 3.46. The smallest absolute Gasteiger partial charge is 0.251 e. The van der Waals surface area contributed by atoms with Crippen molar-refractivity contribution in [1.29, 1.82) is 0 Å². The Bertz CT molecular complexity index is 852. The number of rotatable bonds is 6. The average Bonchev–Trinajstić information content (AvgIpc) is 3.34. The van der Waals surface area contributed by atoms with Crippen molar-refractivity contribution >= 4 is 28.7 Å². The molecule has 5 heteroatoms. The fraction of sp³-hybridized carbons (Fsp3) is 0.263. The molecule has 4 rings (SSSR count). The molecule has 122 valence electrons. The first-order chi connectivity index (χ1) is 11.8. The van der Waals surface area contributed by atoms with Crippen molar-refractivity contribution in [3.05, 3.63) is 59.9 Å². The van der Waals surface area contributed by atoms with Gasteiger partial charge in [-0.1, -0.05) is 0 Å². The van der Waals surface area contributed by atoms with E-state index in [2.05, 4.69) is 15.3 Å². The summed E-state index contributed by atoms with van der Waals surface area (Å²) in [7, 11) is 0. The van der Waals surface area contributed by atoms with Gasteiger partial charge in [0.1, 0.15) is 0 Å². The molecule has 0 saturated heterocycles. The van der Waals surface area contributed by atoms with Gasteiger partial charge in [0, 0.05) is 34.6 Å². The zero-order valence-electron chi connectivity index (χ0n) is 13.3. The van der Waals surface area contributed by atoms with E-state index in [0.717, 1.165) is 28.3 Å². The van der Waals surface area contributed by atoms with Gasteiger partial charge >= 0.3 is 0 Å². The van der Waals surface area contributed by atoms with Crippen molar-refractivity contribution in [2.45, 2.75) is 29.4 Å². The van der Waals surface area contributed by atoms with Crippen LogP contribution in [0.5, 0.6) is 0 Å². The molecule has 0 spiro atoms. The van der Waals surface area contributed by atoms with E-state index < -0.39 is 0 Å². The van der Waals surface area contributed by atoms with E-state index in [9.17, 15) is 4.79 Å². The molecule has 0 bridgehead atoms. The summed E-state index contributed by atoms with van der Waals surface area (Å²) in [5, 5.41) is 3.77. The van der Waals surface area contributed by atoms with Gasteiger partial charge in [0.2, 0.25) is 0 Å². The summed E-state index contributed by atoms with van der Waals surface area (Å²) in [5.41, 5.74) is 3.85. The van der Waals surface area contributed by atoms with Gasteiger partial charge in [-0.05, 0) is 61.2 Å². The number of nitrogens with zero attached hydrogens (tertiary/aromatic N) is 1. The molecule has 2 heterocycles. The number of carbonyl (C=O) groups is 1. The van der Waals surface area contributed by atoms with Crippen LogP contribution in [0.4, 0.5) is 0 Å². The number of carbonyl (C=O) groups excluding carboxylic acids is 1. The number of nitrogens with one attached hydrogen (secondary N) is 2. The number of thioether (sulfide) groups is 1. The molecule has 0 atom stereocenters. The third-order valence-electron chi connectivity index (χ3n) is 4.14. The first kappa shape index (κ1) is 15.3. The Labute approximate surface area is 145 Å². The highest BCUT2D eigenvalue weighted by molar-refractivity contribution is 8.00. The largest absolute Gasteiger partial charge is 0.360 e.